The Morgan fingerprint density at radius 1 is 1.67 bits per heavy atom. The summed E-state index contributed by atoms with van der Waals surface area (Å²) in [7, 11) is 0. The van der Waals surface area contributed by atoms with Gasteiger partial charge in [0, 0.05) is 17.9 Å². The van der Waals surface area contributed by atoms with Gasteiger partial charge in [0.2, 0.25) is 0 Å². The van der Waals surface area contributed by atoms with Crippen LogP contribution in [0, 0.1) is 12.3 Å². The van der Waals surface area contributed by atoms with E-state index in [0.717, 1.165) is 6.42 Å². The third-order valence-corrected chi connectivity index (χ3v) is 0.409. The fourth-order valence-electron chi connectivity index (χ4n) is 0.0632. The Balaban J connectivity index is 0. The Hall–Kier alpha value is -1.13. The zero-order valence-electron chi connectivity index (χ0n) is 5.83. The molecule has 0 aromatic heterocycles. The highest BCUT2D eigenvalue weighted by atomic mass is 15.1. The molecule has 9 heavy (non-hydrogen) atoms. The summed E-state index contributed by atoms with van der Waals surface area (Å²) in [6, 6.07) is 0. The average molecular weight is 125 g/mol. The van der Waals surface area contributed by atoms with E-state index in [0.29, 0.717) is 6.54 Å². The molecule has 0 spiro atoms. The molecular formula is C6H11N3. The maximum Gasteiger partial charge on any atom is 0.0229 e. The third kappa shape index (κ3) is 46.6. The summed E-state index contributed by atoms with van der Waals surface area (Å²) in [6.45, 7) is 4.29. The summed E-state index contributed by atoms with van der Waals surface area (Å²) in [4.78, 5) is 2.48. The molecule has 50 valence electrons. The Kier molecular flexibility index (Phi) is 18.9. The summed E-state index contributed by atoms with van der Waals surface area (Å²) in [5.41, 5.74) is 7.52. The lowest BCUT2D eigenvalue weighted by Crippen LogP contribution is -1.52. The van der Waals surface area contributed by atoms with Gasteiger partial charge in [-0.1, -0.05) is 19.0 Å². The Labute approximate surface area is 55.7 Å². The third-order valence-electron chi connectivity index (χ3n) is 0.409. The van der Waals surface area contributed by atoms with Crippen LogP contribution in [-0.4, -0.2) is 6.54 Å². The van der Waals surface area contributed by atoms with E-state index in [1.807, 2.05) is 6.92 Å². The van der Waals surface area contributed by atoms with E-state index >= 15 is 0 Å². The van der Waals surface area contributed by atoms with Gasteiger partial charge in [-0.25, -0.2) is 0 Å². The number of rotatable bonds is 1. The second-order valence-electron chi connectivity index (χ2n) is 1.10. The van der Waals surface area contributed by atoms with E-state index in [-0.39, 0.29) is 0 Å². The fourth-order valence-corrected chi connectivity index (χ4v) is 0.0632. The van der Waals surface area contributed by atoms with Crippen molar-refractivity contribution in [2.24, 2.45) is 5.11 Å². The van der Waals surface area contributed by atoms with Gasteiger partial charge < -0.3 is 0 Å². The van der Waals surface area contributed by atoms with Crippen molar-refractivity contribution in [3.8, 4) is 12.3 Å². The largest absolute Gasteiger partial charge is 0.120 e. The standard InChI is InChI=1S/C4H6.C2H5N3/c1-3-4-2;1-2-4-5-3/h1H,4H2,2H3;2H2,1H3. The maximum atomic E-state index is 7.52. The van der Waals surface area contributed by atoms with Crippen LogP contribution in [0.15, 0.2) is 5.11 Å². The first kappa shape index (κ1) is 10.8. The van der Waals surface area contributed by atoms with Gasteiger partial charge in [-0.3, -0.25) is 0 Å². The highest BCUT2D eigenvalue weighted by Crippen LogP contribution is 1.61. The highest BCUT2D eigenvalue weighted by molar-refractivity contribution is 4.80. The van der Waals surface area contributed by atoms with Crippen LogP contribution in [0.4, 0.5) is 0 Å². The van der Waals surface area contributed by atoms with Crippen LogP contribution in [-0.2, 0) is 0 Å². The summed E-state index contributed by atoms with van der Waals surface area (Å²) < 4.78 is 0. The van der Waals surface area contributed by atoms with E-state index in [1.165, 1.54) is 0 Å². The number of hydrogen-bond donors (Lipinski definition) is 0. The van der Waals surface area contributed by atoms with E-state index in [1.54, 1.807) is 6.92 Å². The van der Waals surface area contributed by atoms with Crippen LogP contribution in [0.3, 0.4) is 0 Å². The van der Waals surface area contributed by atoms with E-state index in [4.69, 9.17) is 12.0 Å². The van der Waals surface area contributed by atoms with Crippen molar-refractivity contribution >= 4 is 0 Å². The molecule has 0 radical (unpaired) electrons. The normalized spacial score (nSPS) is 5.44. The first-order valence-electron chi connectivity index (χ1n) is 2.77. The lowest BCUT2D eigenvalue weighted by molar-refractivity contribution is 1.11. The quantitative estimate of drug-likeness (QED) is 0.223. The molecular weight excluding hydrogens is 114 g/mol. The molecule has 0 heterocycles. The molecule has 3 heteroatoms. The van der Waals surface area contributed by atoms with Gasteiger partial charge >= 0.3 is 0 Å². The molecule has 0 aromatic carbocycles. The van der Waals surface area contributed by atoms with Crippen molar-refractivity contribution < 1.29 is 0 Å². The fraction of sp³-hybridized carbons (Fsp3) is 0.667. The van der Waals surface area contributed by atoms with Crippen molar-refractivity contribution in [3.05, 3.63) is 10.4 Å². The van der Waals surface area contributed by atoms with Crippen LogP contribution >= 0.6 is 0 Å². The Bertz CT molecular complexity index is 117. The van der Waals surface area contributed by atoms with Gasteiger partial charge in [-0.15, -0.1) is 12.3 Å². The van der Waals surface area contributed by atoms with E-state index in [2.05, 4.69) is 15.9 Å². The first-order chi connectivity index (χ1) is 4.33. The van der Waals surface area contributed by atoms with Crippen molar-refractivity contribution in [1.82, 2.24) is 0 Å². The number of azide groups is 1. The number of terminal acetylenes is 1. The molecule has 0 unspecified atom stereocenters. The minimum Gasteiger partial charge on any atom is -0.120 e. The predicted molar refractivity (Wildman–Crippen MR) is 38.8 cm³/mol. The second kappa shape index (κ2) is 15.8. The molecule has 0 amide bonds. The Morgan fingerprint density at radius 3 is 2.11 bits per heavy atom. The number of hydrogen-bond acceptors (Lipinski definition) is 1. The lowest BCUT2D eigenvalue weighted by atomic mass is 10.5. The van der Waals surface area contributed by atoms with Gasteiger partial charge in [0.15, 0.2) is 0 Å². The minimum absolute atomic E-state index is 0.552. The van der Waals surface area contributed by atoms with Gasteiger partial charge in [0.1, 0.15) is 0 Å². The van der Waals surface area contributed by atoms with Gasteiger partial charge in [-0.05, 0) is 5.53 Å². The minimum atomic E-state index is 0.552. The summed E-state index contributed by atoms with van der Waals surface area (Å²) in [5, 5.41) is 3.15. The highest BCUT2D eigenvalue weighted by Gasteiger charge is 1.51. The molecule has 0 rings (SSSR count). The summed E-state index contributed by atoms with van der Waals surface area (Å²) in [6.07, 6.45) is 5.62. The molecule has 0 aromatic rings. The first-order valence-corrected chi connectivity index (χ1v) is 2.77. The summed E-state index contributed by atoms with van der Waals surface area (Å²) in [5.74, 6) is 2.43. The second-order valence-corrected chi connectivity index (χ2v) is 1.10. The average Bonchev–Trinajstić information content (AvgIpc) is 1.91. The molecule has 0 fully saturated rings. The molecule has 3 nitrogen and oxygen atoms in total. The van der Waals surface area contributed by atoms with Gasteiger partial charge in [-0.2, -0.15) is 0 Å². The smallest absolute Gasteiger partial charge is 0.0229 e. The van der Waals surface area contributed by atoms with Crippen LogP contribution in [0.5, 0.6) is 0 Å². The Morgan fingerprint density at radius 2 is 2.11 bits per heavy atom. The molecule has 0 aliphatic rings. The SMILES string of the molecule is C#CCC.CCN=[N+]=[N-]. The van der Waals surface area contributed by atoms with Crippen molar-refractivity contribution in [2.75, 3.05) is 6.54 Å². The molecule has 0 aliphatic heterocycles. The van der Waals surface area contributed by atoms with Crippen molar-refractivity contribution in [3.63, 3.8) is 0 Å². The van der Waals surface area contributed by atoms with Gasteiger partial charge in [0.05, 0.1) is 0 Å². The van der Waals surface area contributed by atoms with E-state index in [9.17, 15) is 0 Å². The van der Waals surface area contributed by atoms with Crippen LogP contribution in [0.25, 0.3) is 10.4 Å². The van der Waals surface area contributed by atoms with Crippen LogP contribution in [0.2, 0.25) is 0 Å². The van der Waals surface area contributed by atoms with Crippen LogP contribution in [0.1, 0.15) is 20.3 Å². The van der Waals surface area contributed by atoms with Crippen molar-refractivity contribution in [1.29, 1.82) is 0 Å². The predicted octanol–water partition coefficient (Wildman–Crippen LogP) is 2.35. The molecule has 0 saturated heterocycles. The monoisotopic (exact) mass is 125 g/mol. The zero-order chi connectivity index (χ0) is 7.54. The number of nitrogens with zero attached hydrogens (tertiary/aromatic N) is 3. The molecule has 0 aliphatic carbocycles. The molecule has 0 bridgehead atoms. The van der Waals surface area contributed by atoms with E-state index < -0.39 is 0 Å². The zero-order valence-corrected chi connectivity index (χ0v) is 5.83. The van der Waals surface area contributed by atoms with Crippen molar-refractivity contribution in [2.45, 2.75) is 20.3 Å². The topological polar surface area (TPSA) is 48.8 Å². The summed E-state index contributed by atoms with van der Waals surface area (Å²) >= 11 is 0. The molecule has 0 N–H and O–H groups in total. The molecule has 0 saturated carbocycles. The maximum absolute atomic E-state index is 7.52. The van der Waals surface area contributed by atoms with Crippen LogP contribution < -0.4 is 0 Å². The lowest BCUT2D eigenvalue weighted by Gasteiger charge is -1.57. The molecule has 0 atom stereocenters. The van der Waals surface area contributed by atoms with Gasteiger partial charge in [0.25, 0.3) is 0 Å².